The Morgan fingerprint density at radius 2 is 2.29 bits per heavy atom. The summed E-state index contributed by atoms with van der Waals surface area (Å²) in [5.74, 6) is 0.759. The summed E-state index contributed by atoms with van der Waals surface area (Å²) in [6.07, 6.45) is 3.48. The third kappa shape index (κ3) is 1.47. The van der Waals surface area contributed by atoms with E-state index in [0.717, 1.165) is 22.6 Å². The fourth-order valence-electron chi connectivity index (χ4n) is 1.79. The molecule has 82 valence electrons. The first-order chi connectivity index (χ1) is 8.28. The predicted molar refractivity (Wildman–Crippen MR) is 63.0 cm³/mol. The number of H-pyrrole nitrogens is 1. The van der Waals surface area contributed by atoms with Crippen molar-refractivity contribution < 1.29 is 0 Å². The summed E-state index contributed by atoms with van der Waals surface area (Å²) in [5, 5.41) is 8.83. The van der Waals surface area contributed by atoms with Crippen LogP contribution in [0.3, 0.4) is 0 Å². The molecule has 0 aliphatic rings. The molecule has 0 saturated heterocycles. The molecule has 0 bridgehead atoms. The standard InChI is InChI=1S/C12H9N5/c1-17-7-14-6-11(17)12-15-9-3-2-8(5-13)4-10(9)16-12/h2-4,6-7H,1H3,(H,15,16). The van der Waals surface area contributed by atoms with Gasteiger partial charge in [-0.1, -0.05) is 0 Å². The number of aryl methyl sites for hydroxylation is 1. The highest BCUT2D eigenvalue weighted by Gasteiger charge is 2.08. The number of rotatable bonds is 1. The van der Waals surface area contributed by atoms with Gasteiger partial charge in [0.15, 0.2) is 5.82 Å². The van der Waals surface area contributed by atoms with E-state index in [1.54, 1.807) is 24.7 Å². The van der Waals surface area contributed by atoms with Gasteiger partial charge in [0, 0.05) is 7.05 Å². The SMILES string of the molecule is Cn1cncc1-c1nc2ccc(C#N)cc2[nH]1. The van der Waals surface area contributed by atoms with Crippen molar-refractivity contribution in [2.24, 2.45) is 7.05 Å². The first kappa shape index (κ1) is 9.60. The van der Waals surface area contributed by atoms with Crippen molar-refractivity contribution in [3.05, 3.63) is 36.3 Å². The number of nitrogens with one attached hydrogen (secondary N) is 1. The Bertz CT molecular complexity index is 729. The van der Waals surface area contributed by atoms with Crippen molar-refractivity contribution in [2.75, 3.05) is 0 Å². The maximum atomic E-state index is 8.83. The summed E-state index contributed by atoms with van der Waals surface area (Å²) in [7, 11) is 1.91. The lowest BCUT2D eigenvalue weighted by Crippen LogP contribution is -1.90. The fraction of sp³-hybridized carbons (Fsp3) is 0.0833. The third-order valence-corrected chi connectivity index (χ3v) is 2.67. The minimum absolute atomic E-state index is 0.623. The van der Waals surface area contributed by atoms with Crippen LogP contribution in [-0.4, -0.2) is 19.5 Å². The van der Waals surface area contributed by atoms with Crippen LogP contribution in [0.25, 0.3) is 22.6 Å². The monoisotopic (exact) mass is 223 g/mol. The van der Waals surface area contributed by atoms with Crippen LogP contribution in [0.2, 0.25) is 0 Å². The zero-order valence-electron chi connectivity index (χ0n) is 9.18. The van der Waals surface area contributed by atoms with Crippen molar-refractivity contribution in [3.63, 3.8) is 0 Å². The molecular weight excluding hydrogens is 214 g/mol. The second-order valence-corrected chi connectivity index (χ2v) is 3.82. The molecule has 5 heteroatoms. The van der Waals surface area contributed by atoms with Gasteiger partial charge in [-0.2, -0.15) is 5.26 Å². The molecule has 1 aromatic carbocycles. The average molecular weight is 223 g/mol. The molecule has 0 aliphatic carbocycles. The molecule has 0 unspecified atom stereocenters. The van der Waals surface area contributed by atoms with Gasteiger partial charge in [-0.15, -0.1) is 0 Å². The number of nitrogens with zero attached hydrogens (tertiary/aromatic N) is 4. The lowest BCUT2D eigenvalue weighted by Gasteiger charge is -1.95. The number of hydrogen-bond acceptors (Lipinski definition) is 3. The molecule has 3 rings (SSSR count). The van der Waals surface area contributed by atoms with Gasteiger partial charge in [-0.25, -0.2) is 9.97 Å². The fourth-order valence-corrected chi connectivity index (χ4v) is 1.79. The highest BCUT2D eigenvalue weighted by Crippen LogP contribution is 2.20. The largest absolute Gasteiger partial charge is 0.337 e. The van der Waals surface area contributed by atoms with E-state index in [0.29, 0.717) is 5.56 Å². The minimum atomic E-state index is 0.623. The Hall–Kier alpha value is -2.61. The van der Waals surface area contributed by atoms with Gasteiger partial charge in [0.2, 0.25) is 0 Å². The Morgan fingerprint density at radius 1 is 1.41 bits per heavy atom. The summed E-state index contributed by atoms with van der Waals surface area (Å²) in [5.41, 5.74) is 3.25. The van der Waals surface area contributed by atoms with Crippen LogP contribution in [0.15, 0.2) is 30.7 Å². The van der Waals surface area contributed by atoms with Crippen molar-refractivity contribution in [1.82, 2.24) is 19.5 Å². The number of nitriles is 1. The van der Waals surface area contributed by atoms with Crippen molar-refractivity contribution >= 4 is 11.0 Å². The van der Waals surface area contributed by atoms with E-state index in [4.69, 9.17) is 5.26 Å². The van der Waals surface area contributed by atoms with Crippen LogP contribution in [0.5, 0.6) is 0 Å². The van der Waals surface area contributed by atoms with Crippen LogP contribution in [0, 0.1) is 11.3 Å². The van der Waals surface area contributed by atoms with Crippen LogP contribution in [0.1, 0.15) is 5.56 Å². The maximum Gasteiger partial charge on any atom is 0.156 e. The van der Waals surface area contributed by atoms with E-state index in [1.807, 2.05) is 17.7 Å². The van der Waals surface area contributed by atoms with Crippen molar-refractivity contribution in [1.29, 1.82) is 5.26 Å². The highest BCUT2D eigenvalue weighted by molar-refractivity contribution is 5.80. The Labute approximate surface area is 97.4 Å². The van der Waals surface area contributed by atoms with Gasteiger partial charge in [0.1, 0.15) is 5.69 Å². The molecule has 0 aliphatic heterocycles. The van der Waals surface area contributed by atoms with Gasteiger partial charge in [0.25, 0.3) is 0 Å². The minimum Gasteiger partial charge on any atom is -0.337 e. The molecule has 0 atom stereocenters. The lowest BCUT2D eigenvalue weighted by atomic mass is 10.2. The summed E-state index contributed by atoms with van der Waals surface area (Å²) in [6.45, 7) is 0. The zero-order valence-corrected chi connectivity index (χ0v) is 9.18. The molecule has 5 nitrogen and oxygen atoms in total. The van der Waals surface area contributed by atoms with E-state index in [2.05, 4.69) is 21.0 Å². The number of benzene rings is 1. The predicted octanol–water partition coefficient (Wildman–Crippen LogP) is 1.84. The van der Waals surface area contributed by atoms with Crippen LogP contribution < -0.4 is 0 Å². The highest BCUT2D eigenvalue weighted by atomic mass is 15.1. The van der Waals surface area contributed by atoms with E-state index in [1.165, 1.54) is 0 Å². The number of aromatic nitrogens is 4. The smallest absolute Gasteiger partial charge is 0.156 e. The summed E-state index contributed by atoms with van der Waals surface area (Å²) < 4.78 is 1.89. The van der Waals surface area contributed by atoms with Crippen molar-refractivity contribution in [2.45, 2.75) is 0 Å². The molecule has 3 aromatic rings. The first-order valence-corrected chi connectivity index (χ1v) is 5.14. The maximum absolute atomic E-state index is 8.83. The molecule has 0 radical (unpaired) electrons. The van der Waals surface area contributed by atoms with Crippen molar-refractivity contribution in [3.8, 4) is 17.6 Å². The van der Waals surface area contributed by atoms with E-state index in [-0.39, 0.29) is 0 Å². The lowest BCUT2D eigenvalue weighted by molar-refractivity contribution is 0.913. The molecule has 0 fully saturated rings. The van der Waals surface area contributed by atoms with Gasteiger partial charge >= 0.3 is 0 Å². The summed E-state index contributed by atoms with van der Waals surface area (Å²) in [6, 6.07) is 7.50. The van der Waals surface area contributed by atoms with Crippen LogP contribution in [-0.2, 0) is 7.05 Å². The van der Waals surface area contributed by atoms with E-state index in [9.17, 15) is 0 Å². The number of aromatic amines is 1. The average Bonchev–Trinajstić information content (AvgIpc) is 2.93. The third-order valence-electron chi connectivity index (χ3n) is 2.67. The Balaban J connectivity index is 2.21. The van der Waals surface area contributed by atoms with Crippen LogP contribution in [0.4, 0.5) is 0 Å². The zero-order chi connectivity index (χ0) is 11.8. The molecule has 2 aromatic heterocycles. The van der Waals surface area contributed by atoms with Gasteiger partial charge < -0.3 is 9.55 Å². The molecular formula is C12H9N5. The quantitative estimate of drug-likeness (QED) is 0.684. The number of hydrogen-bond donors (Lipinski definition) is 1. The van der Waals surface area contributed by atoms with Crippen LogP contribution >= 0.6 is 0 Å². The molecule has 0 saturated carbocycles. The molecule has 0 spiro atoms. The second-order valence-electron chi connectivity index (χ2n) is 3.82. The van der Waals surface area contributed by atoms with Gasteiger partial charge in [0.05, 0.1) is 35.2 Å². The summed E-state index contributed by atoms with van der Waals surface area (Å²) in [4.78, 5) is 11.7. The Morgan fingerprint density at radius 3 is 3.00 bits per heavy atom. The topological polar surface area (TPSA) is 70.3 Å². The number of imidazole rings is 2. The van der Waals surface area contributed by atoms with E-state index >= 15 is 0 Å². The Kier molecular flexibility index (Phi) is 1.95. The van der Waals surface area contributed by atoms with Gasteiger partial charge in [-0.05, 0) is 18.2 Å². The van der Waals surface area contributed by atoms with E-state index < -0.39 is 0 Å². The molecule has 1 N–H and O–H groups in total. The molecule has 2 heterocycles. The molecule has 17 heavy (non-hydrogen) atoms. The number of fused-ring (bicyclic) bond motifs is 1. The first-order valence-electron chi connectivity index (χ1n) is 5.14. The normalized spacial score (nSPS) is 10.6. The van der Waals surface area contributed by atoms with Gasteiger partial charge in [-0.3, -0.25) is 0 Å². The molecule has 0 amide bonds. The second kappa shape index (κ2) is 3.46. The summed E-state index contributed by atoms with van der Waals surface area (Å²) >= 11 is 0.